The summed E-state index contributed by atoms with van der Waals surface area (Å²) in [6, 6.07) is 4.68. The van der Waals surface area contributed by atoms with E-state index in [9.17, 15) is 17.6 Å². The Hall–Kier alpha value is -0.620. The molecule has 1 heterocycles. The average molecular weight is 553 g/mol. The van der Waals surface area contributed by atoms with Gasteiger partial charge in [-0.05, 0) is 36.6 Å². The third kappa shape index (κ3) is 7.95. The Kier molecular flexibility index (Phi) is 9.59. The molecule has 1 atom stereocenters. The Balaban J connectivity index is 0.00000338. The number of aliphatic imine (C=N–C) groups is 1. The third-order valence-corrected chi connectivity index (χ3v) is 4.43. The molecule has 0 saturated carbocycles. The summed E-state index contributed by atoms with van der Waals surface area (Å²) in [5, 5.41) is 6.19. The lowest BCUT2D eigenvalue weighted by Gasteiger charge is -2.19. The van der Waals surface area contributed by atoms with Gasteiger partial charge in [-0.1, -0.05) is 15.9 Å². The zero-order valence-electron chi connectivity index (χ0n) is 14.2. The summed E-state index contributed by atoms with van der Waals surface area (Å²) in [4.78, 5) is 5.45. The van der Waals surface area contributed by atoms with Gasteiger partial charge < -0.3 is 10.6 Å². The smallest absolute Gasteiger partial charge is 0.356 e. The van der Waals surface area contributed by atoms with Crippen LogP contribution >= 0.6 is 39.9 Å². The molecule has 1 saturated heterocycles. The topological polar surface area (TPSA) is 39.7 Å². The van der Waals surface area contributed by atoms with Crippen LogP contribution in [-0.2, 0) is 6.42 Å². The van der Waals surface area contributed by atoms with Crippen LogP contribution in [0.4, 0.5) is 17.6 Å². The molecule has 1 aromatic rings. The molecule has 0 spiro atoms. The van der Waals surface area contributed by atoms with Crippen LogP contribution in [0.5, 0.6) is 0 Å². The maximum absolute atomic E-state index is 13.7. The molecule has 0 aliphatic carbocycles. The molecule has 2 rings (SSSR count). The molecule has 148 valence electrons. The van der Waals surface area contributed by atoms with Crippen molar-refractivity contribution in [2.24, 2.45) is 4.99 Å². The van der Waals surface area contributed by atoms with Gasteiger partial charge in [-0.25, -0.2) is 4.39 Å². The zero-order valence-corrected chi connectivity index (χ0v) is 18.2. The number of likely N-dealkylation sites (tertiary alicyclic amines) is 1. The molecule has 10 heteroatoms. The average Bonchev–Trinajstić information content (AvgIpc) is 2.94. The summed E-state index contributed by atoms with van der Waals surface area (Å²) in [7, 11) is 1.59. The quantitative estimate of drug-likeness (QED) is 0.254. The van der Waals surface area contributed by atoms with Gasteiger partial charge in [0.25, 0.3) is 0 Å². The monoisotopic (exact) mass is 552 g/mol. The van der Waals surface area contributed by atoms with Crippen molar-refractivity contribution in [2.75, 3.05) is 33.2 Å². The van der Waals surface area contributed by atoms with Crippen molar-refractivity contribution in [3.05, 3.63) is 34.1 Å². The van der Waals surface area contributed by atoms with Crippen molar-refractivity contribution in [1.29, 1.82) is 0 Å². The second kappa shape index (κ2) is 10.6. The first-order valence-corrected chi connectivity index (χ1v) is 8.76. The highest BCUT2D eigenvalue weighted by Gasteiger charge is 2.34. The standard InChI is InChI=1S/C16H21BrF4N4.HI/c1-22-15(23-6-4-11-8-12(17)2-3-14(11)18)24-13-5-7-25(9-13)10-16(19,20)21;/h2-3,8,13H,4-7,9-10H2,1H3,(H2,22,23,24);1H. The first-order chi connectivity index (χ1) is 11.8. The molecule has 1 aliphatic heterocycles. The first-order valence-electron chi connectivity index (χ1n) is 7.97. The van der Waals surface area contributed by atoms with Gasteiger partial charge in [0.15, 0.2) is 5.96 Å². The molecule has 26 heavy (non-hydrogen) atoms. The summed E-state index contributed by atoms with van der Waals surface area (Å²) in [6.45, 7) is 0.295. The van der Waals surface area contributed by atoms with E-state index in [-0.39, 0.29) is 35.8 Å². The largest absolute Gasteiger partial charge is 0.401 e. The van der Waals surface area contributed by atoms with Gasteiger partial charge in [0, 0.05) is 37.2 Å². The van der Waals surface area contributed by atoms with Crippen LogP contribution < -0.4 is 10.6 Å². The van der Waals surface area contributed by atoms with Crippen LogP contribution in [0.2, 0.25) is 0 Å². The van der Waals surface area contributed by atoms with E-state index in [1.807, 2.05) is 0 Å². The molecule has 4 nitrogen and oxygen atoms in total. The minimum absolute atomic E-state index is 0. The fraction of sp³-hybridized carbons (Fsp3) is 0.562. The van der Waals surface area contributed by atoms with Gasteiger partial charge in [0.1, 0.15) is 5.82 Å². The first kappa shape index (κ1) is 23.4. The number of rotatable bonds is 5. The lowest BCUT2D eigenvalue weighted by molar-refractivity contribution is -0.143. The van der Waals surface area contributed by atoms with Crippen molar-refractivity contribution in [3.63, 3.8) is 0 Å². The van der Waals surface area contributed by atoms with Gasteiger partial charge in [0.2, 0.25) is 0 Å². The fourth-order valence-corrected chi connectivity index (χ4v) is 3.19. The minimum Gasteiger partial charge on any atom is -0.356 e. The van der Waals surface area contributed by atoms with Crippen molar-refractivity contribution in [1.82, 2.24) is 15.5 Å². The zero-order chi connectivity index (χ0) is 18.4. The minimum atomic E-state index is -4.18. The summed E-state index contributed by atoms with van der Waals surface area (Å²) in [5.41, 5.74) is 0.578. The van der Waals surface area contributed by atoms with Crippen LogP contribution in [0.1, 0.15) is 12.0 Å². The normalized spacial score (nSPS) is 18.5. The molecule has 2 N–H and O–H groups in total. The van der Waals surface area contributed by atoms with Gasteiger partial charge in [-0.15, -0.1) is 24.0 Å². The molecule has 0 amide bonds. The van der Waals surface area contributed by atoms with E-state index in [1.165, 1.54) is 11.0 Å². The second-order valence-corrected chi connectivity index (χ2v) is 6.88. The van der Waals surface area contributed by atoms with Crippen LogP contribution in [0.3, 0.4) is 0 Å². The summed E-state index contributed by atoms with van der Waals surface area (Å²) < 4.78 is 51.8. The number of guanidine groups is 1. The Labute approximate surface area is 176 Å². The number of halogens is 6. The predicted octanol–water partition coefficient (Wildman–Crippen LogP) is 3.55. The number of alkyl halides is 3. The Morgan fingerprint density at radius 1 is 1.38 bits per heavy atom. The van der Waals surface area contributed by atoms with Crippen LogP contribution in [0.25, 0.3) is 0 Å². The van der Waals surface area contributed by atoms with Gasteiger partial charge >= 0.3 is 6.18 Å². The second-order valence-electron chi connectivity index (χ2n) is 5.96. The van der Waals surface area contributed by atoms with Gasteiger partial charge in [0.05, 0.1) is 6.54 Å². The number of benzene rings is 1. The van der Waals surface area contributed by atoms with Crippen LogP contribution in [0, 0.1) is 5.82 Å². The number of nitrogens with zero attached hydrogens (tertiary/aromatic N) is 2. The van der Waals surface area contributed by atoms with E-state index in [0.29, 0.717) is 44.0 Å². The molecular weight excluding hydrogens is 531 g/mol. The summed E-state index contributed by atoms with van der Waals surface area (Å²) >= 11 is 3.31. The highest BCUT2D eigenvalue weighted by molar-refractivity contribution is 14.0. The third-order valence-electron chi connectivity index (χ3n) is 3.93. The van der Waals surface area contributed by atoms with Crippen molar-refractivity contribution in [3.8, 4) is 0 Å². The summed E-state index contributed by atoms with van der Waals surface area (Å²) in [6.07, 6.45) is -3.09. The maximum atomic E-state index is 13.7. The number of hydrogen-bond donors (Lipinski definition) is 2. The van der Waals surface area contributed by atoms with Crippen molar-refractivity contribution >= 4 is 45.9 Å². The van der Waals surface area contributed by atoms with Gasteiger partial charge in [-0.2, -0.15) is 13.2 Å². The Morgan fingerprint density at radius 3 is 2.77 bits per heavy atom. The van der Waals surface area contributed by atoms with E-state index in [0.717, 1.165) is 4.47 Å². The molecule has 0 bridgehead atoms. The highest BCUT2D eigenvalue weighted by atomic mass is 127. The van der Waals surface area contributed by atoms with E-state index < -0.39 is 12.7 Å². The Morgan fingerprint density at radius 2 is 2.12 bits per heavy atom. The van der Waals surface area contributed by atoms with E-state index in [1.54, 1.807) is 19.2 Å². The maximum Gasteiger partial charge on any atom is 0.401 e. The van der Waals surface area contributed by atoms with Crippen LogP contribution in [0.15, 0.2) is 27.7 Å². The highest BCUT2D eigenvalue weighted by Crippen LogP contribution is 2.20. The van der Waals surface area contributed by atoms with Crippen molar-refractivity contribution < 1.29 is 17.6 Å². The fourth-order valence-electron chi connectivity index (χ4n) is 2.79. The molecule has 0 aromatic heterocycles. The Bertz CT molecular complexity index is 612. The lowest BCUT2D eigenvalue weighted by atomic mass is 10.1. The number of hydrogen-bond acceptors (Lipinski definition) is 2. The number of nitrogens with one attached hydrogen (secondary N) is 2. The molecule has 1 aliphatic rings. The lowest BCUT2D eigenvalue weighted by Crippen LogP contribution is -2.45. The summed E-state index contributed by atoms with van der Waals surface area (Å²) in [5.74, 6) is 0.237. The molecule has 1 aromatic carbocycles. The SMILES string of the molecule is CN=C(NCCc1cc(Br)ccc1F)NC1CCN(CC(F)(F)F)C1.I. The predicted molar refractivity (Wildman–Crippen MR) is 109 cm³/mol. The van der Waals surface area contributed by atoms with Crippen LogP contribution in [-0.4, -0.2) is 56.3 Å². The molecule has 1 fully saturated rings. The van der Waals surface area contributed by atoms with Crippen molar-refractivity contribution in [2.45, 2.75) is 25.1 Å². The van der Waals surface area contributed by atoms with Gasteiger partial charge in [-0.3, -0.25) is 9.89 Å². The van der Waals surface area contributed by atoms with E-state index >= 15 is 0 Å². The molecular formula is C16H22BrF4IN4. The van der Waals surface area contributed by atoms with E-state index in [2.05, 4.69) is 31.6 Å². The molecule has 0 radical (unpaired) electrons. The van der Waals surface area contributed by atoms with E-state index in [4.69, 9.17) is 0 Å². The molecule has 1 unspecified atom stereocenters.